The number of halogens is 1. The van der Waals surface area contributed by atoms with Crippen LogP contribution in [-0.2, 0) is 7.05 Å². The number of hydrogen-bond acceptors (Lipinski definition) is 5. The molecule has 2 rings (SSSR count). The monoisotopic (exact) mass is 295 g/mol. The van der Waals surface area contributed by atoms with Crippen LogP contribution in [0.25, 0.3) is 0 Å². The first-order valence-corrected chi connectivity index (χ1v) is 5.70. The normalized spacial score (nSPS) is 10.4. The van der Waals surface area contributed by atoms with Crippen LogP contribution in [0.5, 0.6) is 11.6 Å². The number of aryl methyl sites for hydroxylation is 2. The largest absolute Gasteiger partial charge is 0.478 e. The molecule has 2 aromatic rings. The molecule has 0 saturated carbocycles. The molecule has 1 N–H and O–H groups in total. The molecule has 0 bridgehead atoms. The number of benzene rings is 1. The molecular weight excluding hydrogens is 285 g/mol. The van der Waals surface area contributed by atoms with Crippen molar-refractivity contribution in [3.8, 4) is 11.6 Å². The highest BCUT2D eigenvalue weighted by atomic mass is 19.1. The molecule has 110 valence electrons. The maximum Gasteiger partial charge on any atom is 0.353 e. The number of carboxylic acid groups (broad SMARTS) is 1. The zero-order chi connectivity index (χ0) is 15.7. The standard InChI is InChI=1S/C12H10FN3O5/c1-6-10(16(19)20)11(15(2)14-6)21-9-5-7(13)3-4-8(9)12(17)18/h3-5H,1-2H3,(H,17,18). The molecule has 0 saturated heterocycles. The van der Waals surface area contributed by atoms with E-state index in [4.69, 9.17) is 9.84 Å². The highest BCUT2D eigenvalue weighted by Gasteiger charge is 2.27. The van der Waals surface area contributed by atoms with E-state index in [1.807, 2.05) is 0 Å². The minimum atomic E-state index is -1.34. The van der Waals surface area contributed by atoms with Crippen LogP contribution in [0.2, 0.25) is 0 Å². The van der Waals surface area contributed by atoms with Gasteiger partial charge in [0.05, 0.1) is 4.92 Å². The van der Waals surface area contributed by atoms with Crippen molar-refractivity contribution >= 4 is 11.7 Å². The Labute approximate surface area is 117 Å². The molecule has 0 atom stereocenters. The van der Waals surface area contributed by atoms with Gasteiger partial charge in [-0.1, -0.05) is 0 Å². The topological polar surface area (TPSA) is 107 Å². The van der Waals surface area contributed by atoms with Gasteiger partial charge < -0.3 is 9.84 Å². The Hall–Kier alpha value is -2.97. The number of hydrogen-bond donors (Lipinski definition) is 1. The number of rotatable bonds is 4. The second-order valence-corrected chi connectivity index (χ2v) is 4.17. The number of aromatic carboxylic acids is 1. The lowest BCUT2D eigenvalue weighted by Gasteiger charge is -2.08. The van der Waals surface area contributed by atoms with Crippen molar-refractivity contribution in [3.05, 3.63) is 45.4 Å². The summed E-state index contributed by atoms with van der Waals surface area (Å²) < 4.78 is 19.6. The first-order chi connectivity index (χ1) is 9.81. The van der Waals surface area contributed by atoms with Crippen LogP contribution in [0.4, 0.5) is 10.1 Å². The molecule has 9 heteroatoms. The van der Waals surface area contributed by atoms with Gasteiger partial charge in [-0.15, -0.1) is 0 Å². The van der Waals surface area contributed by atoms with E-state index >= 15 is 0 Å². The molecule has 0 unspecified atom stereocenters. The molecule has 0 aliphatic carbocycles. The number of nitrogens with zero attached hydrogens (tertiary/aromatic N) is 3. The minimum absolute atomic E-state index is 0.103. The van der Waals surface area contributed by atoms with Crippen LogP contribution in [0, 0.1) is 22.9 Å². The molecule has 1 aromatic heterocycles. The highest BCUT2D eigenvalue weighted by Crippen LogP contribution is 2.35. The maximum atomic E-state index is 13.2. The Bertz CT molecular complexity index is 741. The minimum Gasteiger partial charge on any atom is -0.478 e. The van der Waals surface area contributed by atoms with E-state index in [9.17, 15) is 19.3 Å². The summed E-state index contributed by atoms with van der Waals surface area (Å²) in [5, 5.41) is 23.9. The smallest absolute Gasteiger partial charge is 0.353 e. The number of aromatic nitrogens is 2. The summed E-state index contributed by atoms with van der Waals surface area (Å²) in [5.41, 5.74) is -0.617. The van der Waals surface area contributed by atoms with Crippen molar-refractivity contribution < 1.29 is 24.0 Å². The molecule has 0 radical (unpaired) electrons. The summed E-state index contributed by atoms with van der Waals surface area (Å²) in [6.45, 7) is 1.41. The van der Waals surface area contributed by atoms with Crippen molar-refractivity contribution in [2.45, 2.75) is 6.92 Å². The lowest BCUT2D eigenvalue weighted by Crippen LogP contribution is -2.03. The zero-order valence-corrected chi connectivity index (χ0v) is 11.0. The van der Waals surface area contributed by atoms with Crippen LogP contribution in [0.1, 0.15) is 16.1 Å². The van der Waals surface area contributed by atoms with Gasteiger partial charge in [-0.3, -0.25) is 10.1 Å². The Morgan fingerprint density at radius 2 is 2.19 bits per heavy atom. The molecule has 0 spiro atoms. The third-order valence-electron chi connectivity index (χ3n) is 2.70. The van der Waals surface area contributed by atoms with Crippen LogP contribution in [-0.4, -0.2) is 25.8 Å². The fourth-order valence-electron chi connectivity index (χ4n) is 1.81. The molecular formula is C12H10FN3O5. The van der Waals surface area contributed by atoms with Crippen molar-refractivity contribution in [3.63, 3.8) is 0 Å². The third kappa shape index (κ3) is 2.66. The van der Waals surface area contributed by atoms with Crippen molar-refractivity contribution in [2.75, 3.05) is 0 Å². The second-order valence-electron chi connectivity index (χ2n) is 4.17. The van der Waals surface area contributed by atoms with Crippen molar-refractivity contribution in [1.29, 1.82) is 0 Å². The summed E-state index contributed by atoms with van der Waals surface area (Å²) in [4.78, 5) is 21.4. The van der Waals surface area contributed by atoms with E-state index in [2.05, 4.69) is 5.10 Å². The van der Waals surface area contributed by atoms with Crippen LogP contribution >= 0.6 is 0 Å². The quantitative estimate of drug-likeness (QED) is 0.684. The first-order valence-electron chi connectivity index (χ1n) is 5.70. The van der Waals surface area contributed by atoms with Crippen molar-refractivity contribution in [1.82, 2.24) is 9.78 Å². The molecule has 1 heterocycles. The van der Waals surface area contributed by atoms with E-state index in [-0.39, 0.29) is 22.9 Å². The maximum absolute atomic E-state index is 13.2. The van der Waals surface area contributed by atoms with Gasteiger partial charge in [0.15, 0.2) is 0 Å². The SMILES string of the molecule is Cc1nn(C)c(Oc2cc(F)ccc2C(=O)O)c1[N+](=O)[O-]. The Morgan fingerprint density at radius 3 is 2.76 bits per heavy atom. The molecule has 8 nitrogen and oxygen atoms in total. The number of nitro groups is 1. The summed E-state index contributed by atoms with van der Waals surface area (Å²) >= 11 is 0. The van der Waals surface area contributed by atoms with Gasteiger partial charge in [-0.25, -0.2) is 13.9 Å². The van der Waals surface area contributed by atoms with Crippen LogP contribution in [0.3, 0.4) is 0 Å². The van der Waals surface area contributed by atoms with E-state index in [0.717, 1.165) is 22.9 Å². The van der Waals surface area contributed by atoms with Crippen LogP contribution < -0.4 is 4.74 Å². The zero-order valence-electron chi connectivity index (χ0n) is 11.0. The Morgan fingerprint density at radius 1 is 1.52 bits per heavy atom. The van der Waals surface area contributed by atoms with Crippen LogP contribution in [0.15, 0.2) is 18.2 Å². The average Bonchev–Trinajstić information content (AvgIpc) is 2.63. The molecule has 0 aliphatic rings. The fraction of sp³-hybridized carbons (Fsp3) is 0.167. The van der Waals surface area contributed by atoms with Gasteiger partial charge in [0.2, 0.25) is 0 Å². The summed E-state index contributed by atoms with van der Waals surface area (Å²) in [6, 6.07) is 2.82. The summed E-state index contributed by atoms with van der Waals surface area (Å²) in [7, 11) is 1.40. The number of carbonyl (C=O) groups is 1. The molecule has 0 fully saturated rings. The molecule has 1 aromatic carbocycles. The molecule has 0 aliphatic heterocycles. The van der Waals surface area contributed by atoms with E-state index in [0.29, 0.717) is 0 Å². The summed E-state index contributed by atoms with van der Waals surface area (Å²) in [6.07, 6.45) is 0. The van der Waals surface area contributed by atoms with E-state index in [1.165, 1.54) is 14.0 Å². The van der Waals surface area contributed by atoms with E-state index in [1.54, 1.807) is 0 Å². The fourth-order valence-corrected chi connectivity index (χ4v) is 1.81. The van der Waals surface area contributed by atoms with Gasteiger partial charge in [-0.2, -0.15) is 5.10 Å². The predicted octanol–water partition coefficient (Wildman–Crippen LogP) is 2.27. The van der Waals surface area contributed by atoms with Gasteiger partial charge in [0.1, 0.15) is 22.8 Å². The van der Waals surface area contributed by atoms with Gasteiger partial charge in [0, 0.05) is 13.1 Å². The number of ether oxygens (including phenoxy) is 1. The lowest BCUT2D eigenvalue weighted by molar-refractivity contribution is -0.386. The lowest BCUT2D eigenvalue weighted by atomic mass is 10.2. The Kier molecular flexibility index (Phi) is 3.57. The van der Waals surface area contributed by atoms with Crippen molar-refractivity contribution in [2.24, 2.45) is 7.05 Å². The number of carboxylic acids is 1. The second kappa shape index (κ2) is 5.19. The molecule has 0 amide bonds. The average molecular weight is 295 g/mol. The van der Waals surface area contributed by atoms with Gasteiger partial charge in [-0.05, 0) is 19.1 Å². The predicted molar refractivity (Wildman–Crippen MR) is 68.0 cm³/mol. The Balaban J connectivity index is 2.55. The highest BCUT2D eigenvalue weighted by molar-refractivity contribution is 5.91. The third-order valence-corrected chi connectivity index (χ3v) is 2.70. The molecule has 21 heavy (non-hydrogen) atoms. The first kappa shape index (κ1) is 14.4. The summed E-state index contributed by atoms with van der Waals surface area (Å²) in [5.74, 6) is -2.68. The van der Waals surface area contributed by atoms with Gasteiger partial charge in [0.25, 0.3) is 5.88 Å². The van der Waals surface area contributed by atoms with E-state index < -0.39 is 22.4 Å². The van der Waals surface area contributed by atoms with Gasteiger partial charge >= 0.3 is 11.7 Å².